The quantitative estimate of drug-likeness (QED) is 0.661. The summed E-state index contributed by atoms with van der Waals surface area (Å²) >= 11 is 0. The smallest absolute Gasteiger partial charge is 0.329 e. The standard InChI is InChI=1S/C9H15NO5/c1-14-7-2-3-10(4-7)8(11)5-15-6-9(12)13/h7H,2-6H2,1H3,(H,12,13). The first-order valence-electron chi connectivity index (χ1n) is 4.73. The first kappa shape index (κ1) is 11.9. The molecule has 0 aromatic carbocycles. The average molecular weight is 217 g/mol. The van der Waals surface area contributed by atoms with Crippen molar-refractivity contribution in [3.05, 3.63) is 0 Å². The molecule has 1 aliphatic heterocycles. The minimum Gasteiger partial charge on any atom is -0.480 e. The van der Waals surface area contributed by atoms with Crippen LogP contribution in [0.25, 0.3) is 0 Å². The summed E-state index contributed by atoms with van der Waals surface area (Å²) in [7, 11) is 1.61. The van der Waals surface area contributed by atoms with E-state index < -0.39 is 12.6 Å². The Balaban J connectivity index is 2.20. The monoisotopic (exact) mass is 217 g/mol. The summed E-state index contributed by atoms with van der Waals surface area (Å²) in [5.74, 6) is -1.25. The summed E-state index contributed by atoms with van der Waals surface area (Å²) in [6.45, 7) is 0.593. The second kappa shape index (κ2) is 5.67. The van der Waals surface area contributed by atoms with E-state index in [2.05, 4.69) is 0 Å². The molecule has 6 nitrogen and oxygen atoms in total. The van der Waals surface area contributed by atoms with Gasteiger partial charge in [-0.25, -0.2) is 4.79 Å². The Morgan fingerprint density at radius 1 is 1.47 bits per heavy atom. The lowest BCUT2D eigenvalue weighted by Gasteiger charge is -2.15. The van der Waals surface area contributed by atoms with Crippen molar-refractivity contribution < 1.29 is 24.2 Å². The van der Waals surface area contributed by atoms with Gasteiger partial charge in [-0.05, 0) is 6.42 Å². The summed E-state index contributed by atoms with van der Waals surface area (Å²) in [6.07, 6.45) is 0.912. The van der Waals surface area contributed by atoms with Gasteiger partial charge in [-0.1, -0.05) is 0 Å². The van der Waals surface area contributed by atoms with E-state index in [0.29, 0.717) is 13.1 Å². The predicted molar refractivity (Wildman–Crippen MR) is 50.4 cm³/mol. The zero-order valence-corrected chi connectivity index (χ0v) is 8.64. The number of rotatable bonds is 5. The maximum absolute atomic E-state index is 11.4. The zero-order valence-electron chi connectivity index (χ0n) is 8.64. The van der Waals surface area contributed by atoms with Crippen molar-refractivity contribution in [1.29, 1.82) is 0 Å². The Kier molecular flexibility index (Phi) is 4.51. The highest BCUT2D eigenvalue weighted by atomic mass is 16.5. The van der Waals surface area contributed by atoms with Gasteiger partial charge in [0, 0.05) is 20.2 Å². The van der Waals surface area contributed by atoms with Crippen LogP contribution in [0.2, 0.25) is 0 Å². The van der Waals surface area contributed by atoms with E-state index >= 15 is 0 Å². The van der Waals surface area contributed by atoms with Crippen LogP contribution >= 0.6 is 0 Å². The van der Waals surface area contributed by atoms with Gasteiger partial charge in [-0.3, -0.25) is 4.79 Å². The van der Waals surface area contributed by atoms with Gasteiger partial charge in [0.05, 0.1) is 6.10 Å². The normalized spacial score (nSPS) is 20.6. The highest BCUT2D eigenvalue weighted by molar-refractivity contribution is 5.78. The van der Waals surface area contributed by atoms with Crippen molar-refractivity contribution in [3.8, 4) is 0 Å². The van der Waals surface area contributed by atoms with Gasteiger partial charge in [-0.2, -0.15) is 0 Å². The largest absolute Gasteiger partial charge is 0.480 e. The van der Waals surface area contributed by atoms with Crippen molar-refractivity contribution in [2.24, 2.45) is 0 Å². The zero-order chi connectivity index (χ0) is 11.3. The molecule has 0 aromatic rings. The van der Waals surface area contributed by atoms with Crippen LogP contribution in [0.5, 0.6) is 0 Å². The molecule has 1 atom stereocenters. The highest BCUT2D eigenvalue weighted by Crippen LogP contribution is 2.11. The second-order valence-corrected chi connectivity index (χ2v) is 3.37. The minimum absolute atomic E-state index is 0.0911. The van der Waals surface area contributed by atoms with E-state index in [4.69, 9.17) is 14.6 Å². The number of aliphatic carboxylic acids is 1. The molecular formula is C9H15NO5. The number of carboxylic acid groups (broad SMARTS) is 1. The van der Waals surface area contributed by atoms with Crippen molar-refractivity contribution in [3.63, 3.8) is 0 Å². The number of carbonyl (C=O) groups is 2. The summed E-state index contributed by atoms with van der Waals surface area (Å²) in [5.41, 5.74) is 0. The third-order valence-electron chi connectivity index (χ3n) is 2.28. The van der Waals surface area contributed by atoms with Crippen molar-refractivity contribution >= 4 is 11.9 Å². The van der Waals surface area contributed by atoms with Crippen molar-refractivity contribution in [2.75, 3.05) is 33.4 Å². The molecule has 0 aliphatic carbocycles. The van der Waals surface area contributed by atoms with Crippen LogP contribution in [0, 0.1) is 0 Å². The molecule has 1 fully saturated rings. The van der Waals surface area contributed by atoms with Gasteiger partial charge >= 0.3 is 5.97 Å². The summed E-state index contributed by atoms with van der Waals surface area (Å²) in [5, 5.41) is 8.30. The molecule has 1 amide bonds. The maximum Gasteiger partial charge on any atom is 0.329 e. The first-order valence-corrected chi connectivity index (χ1v) is 4.73. The molecule has 0 aromatic heterocycles. The number of ether oxygens (including phenoxy) is 2. The number of amides is 1. The molecule has 1 unspecified atom stereocenters. The molecular weight excluding hydrogens is 202 g/mol. The van der Waals surface area contributed by atoms with Crippen molar-refractivity contribution in [2.45, 2.75) is 12.5 Å². The van der Waals surface area contributed by atoms with E-state index in [-0.39, 0.29) is 18.6 Å². The van der Waals surface area contributed by atoms with Gasteiger partial charge in [0.15, 0.2) is 0 Å². The highest BCUT2D eigenvalue weighted by Gasteiger charge is 2.25. The molecule has 0 spiro atoms. The van der Waals surface area contributed by atoms with Crippen LogP contribution in [-0.4, -0.2) is 61.4 Å². The number of nitrogens with zero attached hydrogens (tertiary/aromatic N) is 1. The van der Waals surface area contributed by atoms with Gasteiger partial charge in [0.1, 0.15) is 13.2 Å². The fourth-order valence-electron chi connectivity index (χ4n) is 1.46. The maximum atomic E-state index is 11.4. The van der Waals surface area contributed by atoms with E-state index in [0.717, 1.165) is 6.42 Å². The molecule has 1 saturated heterocycles. The van der Waals surface area contributed by atoms with E-state index in [1.807, 2.05) is 0 Å². The topological polar surface area (TPSA) is 76.1 Å². The van der Waals surface area contributed by atoms with Crippen molar-refractivity contribution in [1.82, 2.24) is 4.90 Å². The van der Waals surface area contributed by atoms with Gasteiger partial charge in [0.25, 0.3) is 0 Å². The summed E-state index contributed by atoms with van der Waals surface area (Å²) in [6, 6.07) is 0. The van der Waals surface area contributed by atoms with E-state index in [9.17, 15) is 9.59 Å². The Hall–Kier alpha value is -1.14. The Morgan fingerprint density at radius 2 is 2.20 bits per heavy atom. The number of hydrogen-bond acceptors (Lipinski definition) is 4. The van der Waals surface area contributed by atoms with Crippen LogP contribution in [0.15, 0.2) is 0 Å². The lowest BCUT2D eigenvalue weighted by Crippen LogP contribution is -2.33. The molecule has 0 bridgehead atoms. The summed E-state index contributed by atoms with van der Waals surface area (Å²) < 4.78 is 9.81. The van der Waals surface area contributed by atoms with Crippen LogP contribution < -0.4 is 0 Å². The predicted octanol–water partition coefficient (Wildman–Crippen LogP) is -0.665. The SMILES string of the molecule is COC1CCN(C(=O)COCC(=O)O)C1. The van der Waals surface area contributed by atoms with Crippen LogP contribution in [0.4, 0.5) is 0 Å². The molecule has 1 heterocycles. The van der Waals surface area contributed by atoms with Gasteiger partial charge in [0.2, 0.25) is 5.91 Å². The first-order chi connectivity index (χ1) is 7.13. The fourth-order valence-corrected chi connectivity index (χ4v) is 1.46. The molecule has 1 rings (SSSR count). The van der Waals surface area contributed by atoms with Gasteiger partial charge < -0.3 is 19.5 Å². The molecule has 0 saturated carbocycles. The third-order valence-corrected chi connectivity index (χ3v) is 2.28. The fraction of sp³-hybridized carbons (Fsp3) is 0.778. The Bertz CT molecular complexity index is 243. The number of likely N-dealkylation sites (tertiary alicyclic amines) is 1. The molecule has 86 valence electrons. The Morgan fingerprint density at radius 3 is 2.73 bits per heavy atom. The van der Waals surface area contributed by atoms with Crippen LogP contribution in [-0.2, 0) is 19.1 Å². The molecule has 15 heavy (non-hydrogen) atoms. The van der Waals surface area contributed by atoms with E-state index in [1.54, 1.807) is 12.0 Å². The number of hydrogen-bond donors (Lipinski definition) is 1. The van der Waals surface area contributed by atoms with Gasteiger partial charge in [-0.15, -0.1) is 0 Å². The lowest BCUT2D eigenvalue weighted by molar-refractivity contribution is -0.145. The molecule has 1 aliphatic rings. The van der Waals surface area contributed by atoms with E-state index in [1.165, 1.54) is 0 Å². The van der Waals surface area contributed by atoms with Crippen LogP contribution in [0.3, 0.4) is 0 Å². The Labute approximate surface area is 87.8 Å². The number of carbonyl (C=O) groups excluding carboxylic acids is 1. The summed E-state index contributed by atoms with van der Waals surface area (Å²) in [4.78, 5) is 23.2. The third kappa shape index (κ3) is 3.85. The minimum atomic E-state index is -1.07. The van der Waals surface area contributed by atoms with Crippen LogP contribution in [0.1, 0.15) is 6.42 Å². The number of methoxy groups -OCH3 is 1. The molecule has 1 N–H and O–H groups in total. The molecule has 0 radical (unpaired) electrons. The molecule has 6 heteroatoms. The second-order valence-electron chi connectivity index (χ2n) is 3.37. The lowest BCUT2D eigenvalue weighted by atomic mass is 10.3. The number of carboxylic acids is 1. The average Bonchev–Trinajstić information content (AvgIpc) is 2.65.